The van der Waals surface area contributed by atoms with Crippen LogP contribution in [-0.2, 0) is 10.0 Å². The van der Waals surface area contributed by atoms with E-state index in [0.29, 0.717) is 21.3 Å². The second-order valence-electron chi connectivity index (χ2n) is 5.36. The molecule has 0 aliphatic rings. The summed E-state index contributed by atoms with van der Waals surface area (Å²) in [5.74, 6) is 0.412. The number of H-pyrrole nitrogens is 1. The first kappa shape index (κ1) is 15.7. The van der Waals surface area contributed by atoms with E-state index in [2.05, 4.69) is 20.6 Å². The van der Waals surface area contributed by atoms with Crippen molar-refractivity contribution in [1.29, 1.82) is 0 Å². The number of aromatic nitrogens is 4. The fraction of sp³-hybridized carbons (Fsp3) is 0.0625. The molecule has 25 heavy (non-hydrogen) atoms. The number of nitrogens with one attached hydrogen (secondary N) is 1. The van der Waals surface area contributed by atoms with E-state index < -0.39 is 10.0 Å². The standard InChI is InChI=1S/C16H13N5O2S2/c1-21(13-7-4-6-12(9-13)16-17-19-20-18-16)25(22,23)15-10-11-5-2-3-8-14(11)24-15/h2-10H,1H3,(H,17,18,19,20). The maximum Gasteiger partial charge on any atom is 0.273 e. The number of thiophene rings is 1. The van der Waals surface area contributed by atoms with Crippen LogP contribution in [0.1, 0.15) is 0 Å². The van der Waals surface area contributed by atoms with Crippen molar-refractivity contribution in [3.8, 4) is 11.4 Å². The highest BCUT2D eigenvalue weighted by Crippen LogP contribution is 2.32. The molecule has 0 bridgehead atoms. The largest absolute Gasteiger partial charge is 0.273 e. The first-order valence-electron chi connectivity index (χ1n) is 7.37. The van der Waals surface area contributed by atoms with Gasteiger partial charge in [-0.3, -0.25) is 4.31 Å². The van der Waals surface area contributed by atoms with Gasteiger partial charge in [0.1, 0.15) is 4.21 Å². The number of fused-ring (bicyclic) bond motifs is 1. The molecule has 7 nitrogen and oxygen atoms in total. The highest BCUT2D eigenvalue weighted by Gasteiger charge is 2.24. The average Bonchev–Trinajstić information content (AvgIpc) is 3.30. The van der Waals surface area contributed by atoms with Gasteiger partial charge in [0.25, 0.3) is 10.0 Å². The Labute approximate surface area is 148 Å². The molecule has 0 fully saturated rings. The molecule has 4 aromatic rings. The van der Waals surface area contributed by atoms with Gasteiger partial charge in [0, 0.05) is 17.3 Å². The lowest BCUT2D eigenvalue weighted by molar-refractivity contribution is 0.596. The number of anilines is 1. The summed E-state index contributed by atoms with van der Waals surface area (Å²) >= 11 is 1.26. The molecule has 126 valence electrons. The third-order valence-electron chi connectivity index (χ3n) is 3.83. The van der Waals surface area contributed by atoms with Gasteiger partial charge in [-0.25, -0.2) is 8.42 Å². The molecule has 1 N–H and O–H groups in total. The molecule has 0 aliphatic carbocycles. The predicted molar refractivity (Wildman–Crippen MR) is 97.0 cm³/mol. The minimum Gasteiger partial charge on any atom is -0.269 e. The number of sulfonamides is 1. The summed E-state index contributed by atoms with van der Waals surface area (Å²) < 4.78 is 28.5. The van der Waals surface area contributed by atoms with Crippen LogP contribution in [0.25, 0.3) is 21.5 Å². The van der Waals surface area contributed by atoms with Gasteiger partial charge in [0.05, 0.1) is 5.69 Å². The van der Waals surface area contributed by atoms with Gasteiger partial charge in [-0.1, -0.05) is 30.3 Å². The topological polar surface area (TPSA) is 91.8 Å². The smallest absolute Gasteiger partial charge is 0.269 e. The zero-order valence-electron chi connectivity index (χ0n) is 13.1. The fourth-order valence-corrected chi connectivity index (χ4v) is 5.24. The van der Waals surface area contributed by atoms with Crippen molar-refractivity contribution < 1.29 is 8.42 Å². The maximum absolute atomic E-state index is 13.0. The Balaban J connectivity index is 1.74. The van der Waals surface area contributed by atoms with Crippen LogP contribution >= 0.6 is 11.3 Å². The molecule has 2 aromatic heterocycles. The Kier molecular flexibility index (Phi) is 3.74. The van der Waals surface area contributed by atoms with E-state index in [-0.39, 0.29) is 0 Å². The Bertz CT molecular complexity index is 1100. The quantitative estimate of drug-likeness (QED) is 0.595. The molecule has 0 saturated heterocycles. The van der Waals surface area contributed by atoms with E-state index in [0.717, 1.165) is 10.1 Å². The fourth-order valence-electron chi connectivity index (χ4n) is 2.48. The van der Waals surface area contributed by atoms with Gasteiger partial charge in [0.2, 0.25) is 5.82 Å². The van der Waals surface area contributed by atoms with Crippen LogP contribution in [0.4, 0.5) is 5.69 Å². The molecule has 0 saturated carbocycles. The maximum atomic E-state index is 13.0. The summed E-state index contributed by atoms with van der Waals surface area (Å²) in [5, 5.41) is 14.7. The van der Waals surface area contributed by atoms with Crippen LogP contribution in [-0.4, -0.2) is 36.1 Å². The van der Waals surface area contributed by atoms with Crippen molar-refractivity contribution in [2.24, 2.45) is 0 Å². The summed E-state index contributed by atoms with van der Waals surface area (Å²) in [6, 6.07) is 16.3. The molecular weight excluding hydrogens is 358 g/mol. The Morgan fingerprint density at radius 3 is 2.68 bits per heavy atom. The molecule has 0 radical (unpaired) electrons. The second kappa shape index (κ2) is 5.94. The van der Waals surface area contributed by atoms with E-state index >= 15 is 0 Å². The molecule has 0 aliphatic heterocycles. The van der Waals surface area contributed by atoms with Crippen molar-refractivity contribution in [2.75, 3.05) is 11.4 Å². The summed E-state index contributed by atoms with van der Waals surface area (Å²) in [4.78, 5) is 0. The minimum absolute atomic E-state index is 0.307. The molecule has 2 aromatic carbocycles. The third-order valence-corrected chi connectivity index (χ3v) is 7.18. The van der Waals surface area contributed by atoms with Crippen molar-refractivity contribution in [3.05, 3.63) is 54.6 Å². The van der Waals surface area contributed by atoms with Crippen LogP contribution in [0.15, 0.2) is 58.8 Å². The average molecular weight is 371 g/mol. The molecular formula is C16H13N5O2S2. The first-order valence-corrected chi connectivity index (χ1v) is 9.63. The monoisotopic (exact) mass is 371 g/mol. The Morgan fingerprint density at radius 2 is 1.92 bits per heavy atom. The van der Waals surface area contributed by atoms with Gasteiger partial charge in [-0.05, 0) is 34.9 Å². The van der Waals surface area contributed by atoms with Crippen molar-refractivity contribution in [2.45, 2.75) is 4.21 Å². The number of hydrogen-bond donors (Lipinski definition) is 1. The number of aromatic amines is 1. The molecule has 0 unspecified atom stereocenters. The third kappa shape index (κ3) is 2.77. The number of hydrogen-bond acceptors (Lipinski definition) is 6. The summed E-state index contributed by atoms with van der Waals surface area (Å²) in [7, 11) is -2.12. The zero-order chi connectivity index (χ0) is 17.4. The zero-order valence-corrected chi connectivity index (χ0v) is 14.8. The lowest BCUT2D eigenvalue weighted by Gasteiger charge is -2.18. The minimum atomic E-state index is -3.65. The van der Waals surface area contributed by atoms with Gasteiger partial charge in [-0.15, -0.1) is 21.5 Å². The van der Waals surface area contributed by atoms with Crippen LogP contribution in [0, 0.1) is 0 Å². The van der Waals surface area contributed by atoms with Crippen molar-refractivity contribution >= 4 is 37.1 Å². The van der Waals surface area contributed by atoms with Gasteiger partial charge in [0.15, 0.2) is 0 Å². The summed E-state index contributed by atoms with van der Waals surface area (Å²) in [6.45, 7) is 0. The molecule has 9 heteroatoms. The molecule has 0 atom stereocenters. The van der Waals surface area contributed by atoms with Crippen LogP contribution < -0.4 is 4.31 Å². The van der Waals surface area contributed by atoms with Crippen LogP contribution in [0.5, 0.6) is 0 Å². The number of rotatable bonds is 4. The van der Waals surface area contributed by atoms with E-state index in [9.17, 15) is 8.42 Å². The van der Waals surface area contributed by atoms with Gasteiger partial charge in [-0.2, -0.15) is 5.21 Å². The van der Waals surface area contributed by atoms with Gasteiger partial charge >= 0.3 is 0 Å². The number of nitrogens with zero attached hydrogens (tertiary/aromatic N) is 4. The first-order chi connectivity index (χ1) is 12.1. The molecule has 4 rings (SSSR count). The number of benzene rings is 2. The normalized spacial score (nSPS) is 11.7. The molecule has 0 amide bonds. The Morgan fingerprint density at radius 1 is 1.08 bits per heavy atom. The van der Waals surface area contributed by atoms with E-state index in [1.807, 2.05) is 24.3 Å². The van der Waals surface area contributed by atoms with E-state index in [1.165, 1.54) is 22.7 Å². The van der Waals surface area contributed by atoms with Crippen LogP contribution in [0.3, 0.4) is 0 Å². The predicted octanol–water partition coefficient (Wildman–Crippen LogP) is 2.91. The lowest BCUT2D eigenvalue weighted by atomic mass is 10.2. The Hall–Kier alpha value is -2.78. The van der Waals surface area contributed by atoms with Crippen LogP contribution in [0.2, 0.25) is 0 Å². The van der Waals surface area contributed by atoms with Gasteiger partial charge < -0.3 is 0 Å². The van der Waals surface area contributed by atoms with E-state index in [4.69, 9.17) is 0 Å². The van der Waals surface area contributed by atoms with E-state index in [1.54, 1.807) is 30.3 Å². The highest BCUT2D eigenvalue weighted by molar-refractivity contribution is 7.94. The highest BCUT2D eigenvalue weighted by atomic mass is 32.2. The van der Waals surface area contributed by atoms with Crippen molar-refractivity contribution in [1.82, 2.24) is 20.6 Å². The summed E-state index contributed by atoms with van der Waals surface area (Å²) in [5.41, 5.74) is 1.21. The molecule has 0 spiro atoms. The number of tetrazole rings is 1. The molecule has 2 heterocycles. The summed E-state index contributed by atoms with van der Waals surface area (Å²) in [6.07, 6.45) is 0. The van der Waals surface area contributed by atoms with Crippen molar-refractivity contribution in [3.63, 3.8) is 0 Å². The SMILES string of the molecule is CN(c1cccc(-c2nn[nH]n2)c1)S(=O)(=O)c1cc2ccccc2s1. The second-order valence-corrected chi connectivity index (χ2v) is 8.64. The lowest BCUT2D eigenvalue weighted by Crippen LogP contribution is -2.25.